The summed E-state index contributed by atoms with van der Waals surface area (Å²) in [5.74, 6) is 0. The highest BCUT2D eigenvalue weighted by Crippen LogP contribution is 1.92. The quantitative estimate of drug-likeness (QED) is 0.570. The first-order chi connectivity index (χ1) is 5.35. The van der Waals surface area contributed by atoms with Gasteiger partial charge in [0.1, 0.15) is 0 Å². The molecular formula is C9H22N2. The van der Waals surface area contributed by atoms with Crippen molar-refractivity contribution >= 4 is 0 Å². The van der Waals surface area contributed by atoms with E-state index in [1.54, 1.807) is 0 Å². The van der Waals surface area contributed by atoms with Crippen LogP contribution in [0.25, 0.3) is 0 Å². The first-order valence-electron chi connectivity index (χ1n) is 4.83. The monoisotopic (exact) mass is 158 g/mol. The van der Waals surface area contributed by atoms with Crippen molar-refractivity contribution in [1.29, 1.82) is 0 Å². The van der Waals surface area contributed by atoms with E-state index in [1.807, 2.05) is 0 Å². The molecule has 0 aliphatic heterocycles. The molecule has 0 unspecified atom stereocenters. The van der Waals surface area contributed by atoms with E-state index in [0.717, 1.165) is 6.54 Å². The maximum Gasteiger partial charge on any atom is 0.0130 e. The molecule has 0 amide bonds. The maximum atomic E-state index is 3.35. The van der Waals surface area contributed by atoms with Gasteiger partial charge in [-0.05, 0) is 12.8 Å². The topological polar surface area (TPSA) is 15.3 Å². The molecule has 0 saturated carbocycles. The Morgan fingerprint density at radius 2 is 1.73 bits per heavy atom. The van der Waals surface area contributed by atoms with Gasteiger partial charge in [0.05, 0.1) is 0 Å². The van der Waals surface area contributed by atoms with Crippen LogP contribution in [0.2, 0.25) is 0 Å². The lowest BCUT2D eigenvalue weighted by molar-refractivity contribution is 0.189. The van der Waals surface area contributed by atoms with Gasteiger partial charge in [0.25, 0.3) is 0 Å². The van der Waals surface area contributed by atoms with Crippen LogP contribution in [0.15, 0.2) is 0 Å². The van der Waals surface area contributed by atoms with Gasteiger partial charge in [0.15, 0.2) is 0 Å². The predicted molar refractivity (Wildman–Crippen MR) is 50.4 cm³/mol. The number of hydrogen-bond acceptors (Lipinski definition) is 2. The molecule has 0 fully saturated rings. The fraction of sp³-hybridized carbons (Fsp3) is 1.00. The lowest BCUT2D eigenvalue weighted by atomic mass is 10.3. The molecule has 0 spiro atoms. The van der Waals surface area contributed by atoms with Gasteiger partial charge in [0, 0.05) is 19.6 Å². The predicted octanol–water partition coefficient (Wildman–Crippen LogP) is 2.02. The number of unbranched alkanes of at least 4 members (excludes halogenated alkanes) is 1. The van der Waals surface area contributed by atoms with Gasteiger partial charge in [-0.25, -0.2) is 5.01 Å². The standard InChI is InChI=1S/C9H22N2/c1-4-7-9-11(8-5-2)10-6-3/h10H,4-9H2,1-3H3. The minimum atomic E-state index is 1.05. The Bertz CT molecular complexity index is 68.0. The molecule has 0 aliphatic carbocycles. The summed E-state index contributed by atoms with van der Waals surface area (Å²) in [5.41, 5.74) is 3.35. The van der Waals surface area contributed by atoms with Crippen molar-refractivity contribution in [3.63, 3.8) is 0 Å². The minimum Gasteiger partial charge on any atom is -0.255 e. The third-order valence-electron chi connectivity index (χ3n) is 1.66. The zero-order chi connectivity index (χ0) is 8.53. The summed E-state index contributed by atoms with van der Waals surface area (Å²) in [6.07, 6.45) is 3.81. The highest BCUT2D eigenvalue weighted by molar-refractivity contribution is 4.49. The van der Waals surface area contributed by atoms with Crippen molar-refractivity contribution in [2.45, 2.75) is 40.0 Å². The lowest BCUT2D eigenvalue weighted by Crippen LogP contribution is -2.39. The SMILES string of the molecule is CCCCN(CCC)NCC. The van der Waals surface area contributed by atoms with Gasteiger partial charge in [-0.3, -0.25) is 5.43 Å². The Labute approximate surface area is 70.9 Å². The van der Waals surface area contributed by atoms with Crippen molar-refractivity contribution in [2.75, 3.05) is 19.6 Å². The van der Waals surface area contributed by atoms with E-state index in [4.69, 9.17) is 0 Å². The number of nitrogens with zero attached hydrogens (tertiary/aromatic N) is 1. The van der Waals surface area contributed by atoms with Crippen molar-refractivity contribution in [3.8, 4) is 0 Å². The smallest absolute Gasteiger partial charge is 0.0130 e. The van der Waals surface area contributed by atoms with Crippen LogP contribution in [0.4, 0.5) is 0 Å². The van der Waals surface area contributed by atoms with E-state index in [-0.39, 0.29) is 0 Å². The van der Waals surface area contributed by atoms with Crippen LogP contribution < -0.4 is 5.43 Å². The summed E-state index contributed by atoms with van der Waals surface area (Å²) in [4.78, 5) is 0. The molecule has 0 aromatic carbocycles. The summed E-state index contributed by atoms with van der Waals surface area (Å²) in [6.45, 7) is 10.0. The van der Waals surface area contributed by atoms with Gasteiger partial charge in [-0.15, -0.1) is 0 Å². The lowest BCUT2D eigenvalue weighted by Gasteiger charge is -2.21. The van der Waals surface area contributed by atoms with E-state index in [0.29, 0.717) is 0 Å². The van der Waals surface area contributed by atoms with Gasteiger partial charge >= 0.3 is 0 Å². The average Bonchev–Trinajstić information content (AvgIpc) is 2.01. The third-order valence-corrected chi connectivity index (χ3v) is 1.66. The number of hydrazine groups is 1. The highest BCUT2D eigenvalue weighted by atomic mass is 15.5. The zero-order valence-corrected chi connectivity index (χ0v) is 8.19. The fourth-order valence-corrected chi connectivity index (χ4v) is 1.11. The highest BCUT2D eigenvalue weighted by Gasteiger charge is 1.98. The summed E-state index contributed by atoms with van der Waals surface area (Å²) in [6, 6.07) is 0. The first-order valence-corrected chi connectivity index (χ1v) is 4.83. The Hall–Kier alpha value is -0.0800. The molecule has 0 atom stereocenters. The minimum absolute atomic E-state index is 1.05. The summed E-state index contributed by atoms with van der Waals surface area (Å²) >= 11 is 0. The fourth-order valence-electron chi connectivity index (χ4n) is 1.11. The molecule has 0 bridgehead atoms. The molecule has 0 heterocycles. The van der Waals surface area contributed by atoms with Crippen LogP contribution in [-0.4, -0.2) is 24.6 Å². The zero-order valence-electron chi connectivity index (χ0n) is 8.19. The van der Waals surface area contributed by atoms with E-state index in [2.05, 4.69) is 31.2 Å². The van der Waals surface area contributed by atoms with Crippen LogP contribution in [0.3, 0.4) is 0 Å². The second-order valence-electron chi connectivity index (χ2n) is 2.85. The molecule has 0 rings (SSSR count). The van der Waals surface area contributed by atoms with Gasteiger partial charge in [0.2, 0.25) is 0 Å². The Morgan fingerprint density at radius 3 is 2.18 bits per heavy atom. The first kappa shape index (κ1) is 10.9. The third kappa shape index (κ3) is 6.32. The van der Waals surface area contributed by atoms with Crippen molar-refractivity contribution < 1.29 is 0 Å². The van der Waals surface area contributed by atoms with Crippen LogP contribution in [0.1, 0.15) is 40.0 Å². The Morgan fingerprint density at radius 1 is 1.00 bits per heavy atom. The Kier molecular flexibility index (Phi) is 7.96. The number of hydrogen-bond donors (Lipinski definition) is 1. The van der Waals surface area contributed by atoms with Crippen molar-refractivity contribution in [1.82, 2.24) is 10.4 Å². The van der Waals surface area contributed by atoms with E-state index in [9.17, 15) is 0 Å². The van der Waals surface area contributed by atoms with Crippen LogP contribution in [-0.2, 0) is 0 Å². The average molecular weight is 158 g/mol. The number of rotatable bonds is 7. The maximum absolute atomic E-state index is 3.35. The summed E-state index contributed by atoms with van der Waals surface area (Å²) in [5, 5.41) is 2.32. The second kappa shape index (κ2) is 8.02. The van der Waals surface area contributed by atoms with E-state index < -0.39 is 0 Å². The molecule has 0 aromatic rings. The molecule has 1 N–H and O–H groups in total. The Balaban J connectivity index is 3.34. The summed E-state index contributed by atoms with van der Waals surface area (Å²) < 4.78 is 0. The molecule has 0 radical (unpaired) electrons. The largest absolute Gasteiger partial charge is 0.255 e. The molecule has 2 nitrogen and oxygen atoms in total. The van der Waals surface area contributed by atoms with E-state index in [1.165, 1.54) is 32.4 Å². The molecule has 68 valence electrons. The van der Waals surface area contributed by atoms with Crippen LogP contribution in [0, 0.1) is 0 Å². The summed E-state index contributed by atoms with van der Waals surface area (Å²) in [7, 11) is 0. The molecule has 0 aromatic heterocycles. The molecule has 11 heavy (non-hydrogen) atoms. The molecule has 0 saturated heterocycles. The molecular weight excluding hydrogens is 136 g/mol. The second-order valence-corrected chi connectivity index (χ2v) is 2.85. The van der Waals surface area contributed by atoms with Gasteiger partial charge in [-0.1, -0.05) is 27.2 Å². The molecule has 0 aliphatic rings. The van der Waals surface area contributed by atoms with Crippen LogP contribution in [0.5, 0.6) is 0 Å². The van der Waals surface area contributed by atoms with Crippen molar-refractivity contribution in [3.05, 3.63) is 0 Å². The van der Waals surface area contributed by atoms with Crippen LogP contribution >= 0.6 is 0 Å². The number of nitrogens with one attached hydrogen (secondary N) is 1. The van der Waals surface area contributed by atoms with Gasteiger partial charge < -0.3 is 0 Å². The van der Waals surface area contributed by atoms with Gasteiger partial charge in [-0.2, -0.15) is 0 Å². The normalized spacial score (nSPS) is 10.9. The molecule has 2 heteroatoms. The van der Waals surface area contributed by atoms with Crippen molar-refractivity contribution in [2.24, 2.45) is 0 Å². The van der Waals surface area contributed by atoms with E-state index >= 15 is 0 Å².